The van der Waals surface area contributed by atoms with Crippen molar-refractivity contribution in [1.82, 2.24) is 16.0 Å². The summed E-state index contributed by atoms with van der Waals surface area (Å²) >= 11 is 6.06. The van der Waals surface area contributed by atoms with Crippen LogP contribution in [0.4, 0.5) is 4.79 Å². The van der Waals surface area contributed by atoms with Crippen molar-refractivity contribution in [2.75, 3.05) is 6.54 Å². The molecule has 0 aromatic heterocycles. The molecule has 0 spiro atoms. The van der Waals surface area contributed by atoms with E-state index in [0.717, 1.165) is 29.5 Å². The standard InChI is InChI=1S/C55H74ClN3O10/c1-11-12-14-21-44(47(62)31-35(2)50(64)45(60)22-17-20-38-18-15-13-16-19-38)58-51(65)36(3)32-48(63)49(37(4)68-54(5,6)7)59-52(66)42(34-57-53(67)69-55(8,9)10)33-46(61)41-25-23-39(24-26-41)40-27-29-43(56)30-28-40/h13,15-16,18-19,23-30,35-37,42,44,49H,11-12,14,17,20-22,31-34H2,1-10H3,(H,57,67)(H,58,65)(H,59,66)/t35-,36-,37-,42+,44+,49+/m1/s1. The van der Waals surface area contributed by atoms with Gasteiger partial charge in [-0.15, -0.1) is 0 Å². The van der Waals surface area contributed by atoms with E-state index in [4.69, 9.17) is 21.1 Å². The van der Waals surface area contributed by atoms with Crippen molar-refractivity contribution in [1.29, 1.82) is 0 Å². The van der Waals surface area contributed by atoms with Crippen LogP contribution in [0.5, 0.6) is 0 Å². The molecule has 0 radical (unpaired) electrons. The van der Waals surface area contributed by atoms with Crippen molar-refractivity contribution < 1.29 is 47.8 Å². The third-order valence-corrected chi connectivity index (χ3v) is 11.7. The molecule has 0 unspecified atom stereocenters. The van der Waals surface area contributed by atoms with Crippen LogP contribution in [0.2, 0.25) is 5.02 Å². The van der Waals surface area contributed by atoms with Crippen LogP contribution >= 0.6 is 11.6 Å². The first-order valence-electron chi connectivity index (χ1n) is 24.2. The van der Waals surface area contributed by atoms with E-state index in [9.17, 15) is 38.4 Å². The summed E-state index contributed by atoms with van der Waals surface area (Å²) in [5, 5.41) is 8.79. The maximum Gasteiger partial charge on any atom is 0.407 e. The average molecular weight is 973 g/mol. The zero-order chi connectivity index (χ0) is 51.5. The topological polar surface area (TPSA) is 191 Å². The van der Waals surface area contributed by atoms with E-state index in [-0.39, 0.29) is 43.8 Å². The third-order valence-electron chi connectivity index (χ3n) is 11.4. The van der Waals surface area contributed by atoms with Gasteiger partial charge in [0.05, 0.1) is 23.7 Å². The molecule has 3 N–H and O–H groups in total. The number of Topliss-reactive ketones (excluding diaryl/α,β-unsaturated/α-hetero) is 5. The van der Waals surface area contributed by atoms with E-state index in [1.165, 1.54) is 0 Å². The molecule has 0 saturated carbocycles. The molecule has 0 bridgehead atoms. The minimum atomic E-state index is -1.29. The summed E-state index contributed by atoms with van der Waals surface area (Å²) in [7, 11) is 0. The molecule has 3 aromatic carbocycles. The maximum atomic E-state index is 14.3. The van der Waals surface area contributed by atoms with Gasteiger partial charge in [-0.2, -0.15) is 0 Å². The lowest BCUT2D eigenvalue weighted by Gasteiger charge is -2.32. The van der Waals surface area contributed by atoms with Crippen LogP contribution in [-0.4, -0.2) is 82.8 Å². The highest BCUT2D eigenvalue weighted by atomic mass is 35.5. The number of carbonyl (C=O) groups excluding carboxylic acids is 8. The molecule has 13 nitrogen and oxygen atoms in total. The summed E-state index contributed by atoms with van der Waals surface area (Å²) in [4.78, 5) is 109. The van der Waals surface area contributed by atoms with E-state index in [0.29, 0.717) is 36.3 Å². The number of benzene rings is 3. The van der Waals surface area contributed by atoms with Gasteiger partial charge in [-0.05, 0) is 96.6 Å². The van der Waals surface area contributed by atoms with Gasteiger partial charge < -0.3 is 25.4 Å². The normalized spacial score (nSPS) is 14.2. The Labute approximate surface area is 414 Å². The lowest BCUT2D eigenvalue weighted by Crippen LogP contribution is -2.54. The highest BCUT2D eigenvalue weighted by Crippen LogP contribution is 2.24. The van der Waals surface area contributed by atoms with Crippen molar-refractivity contribution >= 4 is 58.4 Å². The second-order valence-electron chi connectivity index (χ2n) is 20.0. The predicted molar refractivity (Wildman–Crippen MR) is 269 cm³/mol. The van der Waals surface area contributed by atoms with Gasteiger partial charge in [-0.25, -0.2) is 4.79 Å². The van der Waals surface area contributed by atoms with E-state index in [1.807, 2.05) is 49.4 Å². The number of nitrogens with one attached hydrogen (secondary N) is 3. The minimum absolute atomic E-state index is 0.0674. The fraction of sp³-hybridized carbons (Fsp3) is 0.527. The number of unbranched alkanes of at least 4 members (excludes halogenated alkanes) is 2. The Hall–Kier alpha value is -5.53. The van der Waals surface area contributed by atoms with Gasteiger partial charge >= 0.3 is 6.09 Å². The fourth-order valence-electron chi connectivity index (χ4n) is 7.75. The number of carbonyl (C=O) groups is 8. The number of alkyl carbamates (subject to hydrolysis) is 1. The van der Waals surface area contributed by atoms with Crippen LogP contribution in [0, 0.1) is 17.8 Å². The molecule has 0 saturated heterocycles. The molecule has 0 heterocycles. The van der Waals surface area contributed by atoms with Crippen LogP contribution in [0.25, 0.3) is 11.1 Å². The van der Waals surface area contributed by atoms with Gasteiger partial charge in [0, 0.05) is 54.6 Å². The minimum Gasteiger partial charge on any atom is -0.444 e. The molecule has 3 rings (SSSR count). The highest BCUT2D eigenvalue weighted by Gasteiger charge is 2.36. The molecule has 14 heteroatoms. The summed E-state index contributed by atoms with van der Waals surface area (Å²) in [5.74, 6) is -6.75. The number of ether oxygens (including phenoxy) is 2. The van der Waals surface area contributed by atoms with Gasteiger partial charge in [0.1, 0.15) is 11.6 Å². The first-order chi connectivity index (χ1) is 32.4. The van der Waals surface area contributed by atoms with Gasteiger partial charge in [0.15, 0.2) is 23.1 Å². The van der Waals surface area contributed by atoms with Crippen molar-refractivity contribution in [3.8, 4) is 11.1 Å². The molecule has 376 valence electrons. The fourth-order valence-corrected chi connectivity index (χ4v) is 7.87. The molecule has 0 aliphatic carbocycles. The largest absolute Gasteiger partial charge is 0.444 e. The van der Waals surface area contributed by atoms with E-state index < -0.39 is 82.4 Å². The van der Waals surface area contributed by atoms with Crippen LogP contribution in [0.3, 0.4) is 0 Å². The second-order valence-corrected chi connectivity index (χ2v) is 20.5. The number of aryl methyl sites for hydroxylation is 1. The Morgan fingerprint density at radius 3 is 1.83 bits per heavy atom. The van der Waals surface area contributed by atoms with Crippen molar-refractivity contribution in [3.63, 3.8) is 0 Å². The van der Waals surface area contributed by atoms with Crippen LogP contribution in [-0.2, 0) is 44.7 Å². The molecule has 0 fully saturated rings. The second kappa shape index (κ2) is 27.6. The van der Waals surface area contributed by atoms with Crippen molar-refractivity contribution in [2.45, 2.75) is 163 Å². The van der Waals surface area contributed by atoms with Crippen molar-refractivity contribution in [2.24, 2.45) is 17.8 Å². The molecule has 0 aliphatic heterocycles. The molecule has 0 aliphatic rings. The number of rotatable bonds is 28. The van der Waals surface area contributed by atoms with E-state index in [1.54, 1.807) is 98.7 Å². The van der Waals surface area contributed by atoms with Gasteiger partial charge in [-0.3, -0.25) is 33.6 Å². The zero-order valence-corrected chi connectivity index (χ0v) is 43.0. The van der Waals surface area contributed by atoms with Gasteiger partial charge in [-0.1, -0.05) is 118 Å². The third kappa shape index (κ3) is 20.9. The molecule has 6 atom stereocenters. The summed E-state index contributed by atoms with van der Waals surface area (Å²) in [5.41, 5.74) is 1.54. The smallest absolute Gasteiger partial charge is 0.407 e. The zero-order valence-electron chi connectivity index (χ0n) is 42.2. The Morgan fingerprint density at radius 2 is 1.25 bits per heavy atom. The molecule has 3 aromatic rings. The first kappa shape index (κ1) is 57.8. The number of halogens is 1. The lowest BCUT2D eigenvalue weighted by atomic mass is 9.90. The molecule has 69 heavy (non-hydrogen) atoms. The van der Waals surface area contributed by atoms with Crippen LogP contribution < -0.4 is 16.0 Å². The van der Waals surface area contributed by atoms with E-state index >= 15 is 0 Å². The molecular formula is C55H74ClN3O10. The predicted octanol–water partition coefficient (Wildman–Crippen LogP) is 9.83. The monoisotopic (exact) mass is 972 g/mol. The average Bonchev–Trinajstić information content (AvgIpc) is 3.28. The SMILES string of the molecule is CCCCC[C@H](NC(=O)[C@H](C)CC(=O)[C@@H](NC(=O)[C@H](CNC(=O)OC(C)(C)C)CC(=O)c1ccc(-c2ccc(Cl)cc2)cc1)[C@@H](C)OC(C)(C)C)C(=O)C[C@@H](C)C(=O)C(=O)CCCc1ccccc1. The Kier molecular flexibility index (Phi) is 23.1. The van der Waals surface area contributed by atoms with Crippen LogP contribution in [0.1, 0.15) is 143 Å². The van der Waals surface area contributed by atoms with Crippen LogP contribution in [0.15, 0.2) is 78.9 Å². The number of ketones is 5. The summed E-state index contributed by atoms with van der Waals surface area (Å²) in [6, 6.07) is 21.5. The number of amides is 3. The van der Waals surface area contributed by atoms with Gasteiger partial charge in [0.2, 0.25) is 17.6 Å². The summed E-state index contributed by atoms with van der Waals surface area (Å²) < 4.78 is 11.6. The molecular weight excluding hydrogens is 898 g/mol. The maximum absolute atomic E-state index is 14.3. The summed E-state index contributed by atoms with van der Waals surface area (Å²) in [6.45, 7) is 16.9. The lowest BCUT2D eigenvalue weighted by molar-refractivity contribution is -0.140. The number of hydrogen-bond acceptors (Lipinski definition) is 10. The Balaban J connectivity index is 1.78. The Morgan fingerprint density at radius 1 is 0.652 bits per heavy atom. The first-order valence-corrected chi connectivity index (χ1v) is 24.6. The quantitative estimate of drug-likeness (QED) is 0.0359. The highest BCUT2D eigenvalue weighted by molar-refractivity contribution is 6.38. The Bertz CT molecular complexity index is 2200. The van der Waals surface area contributed by atoms with E-state index in [2.05, 4.69) is 16.0 Å². The van der Waals surface area contributed by atoms with Gasteiger partial charge in [0.25, 0.3) is 0 Å². The van der Waals surface area contributed by atoms with Crippen molar-refractivity contribution in [3.05, 3.63) is 95.0 Å². The number of hydrogen-bond donors (Lipinski definition) is 3. The summed E-state index contributed by atoms with van der Waals surface area (Å²) in [6.07, 6.45) is 1.18. The molecule has 3 amide bonds.